The molecule has 1 heterocycles. The molecular weight excluding hydrogens is 246 g/mol. The van der Waals surface area contributed by atoms with Gasteiger partial charge in [0.05, 0.1) is 0 Å². The molecule has 1 unspecified atom stereocenters. The second-order valence-electron chi connectivity index (χ2n) is 5.80. The van der Waals surface area contributed by atoms with Crippen molar-refractivity contribution in [1.29, 1.82) is 0 Å². The van der Waals surface area contributed by atoms with E-state index in [0.29, 0.717) is 17.7 Å². The van der Waals surface area contributed by atoms with Crippen LogP contribution >= 0.6 is 11.3 Å². The second kappa shape index (κ2) is 6.29. The summed E-state index contributed by atoms with van der Waals surface area (Å²) in [4.78, 5) is 16.1. The molecule has 1 atom stereocenters. The van der Waals surface area contributed by atoms with Crippen molar-refractivity contribution < 1.29 is 4.79 Å². The number of nitrogens with zero attached hydrogens (tertiary/aromatic N) is 1. The van der Waals surface area contributed by atoms with Gasteiger partial charge in [0.15, 0.2) is 0 Å². The molecule has 0 aliphatic carbocycles. The van der Waals surface area contributed by atoms with Gasteiger partial charge in [-0.15, -0.1) is 11.3 Å². The number of nitrogens with one attached hydrogen (secondary N) is 1. The topological polar surface area (TPSA) is 68.0 Å². The second-order valence-corrected chi connectivity index (χ2v) is 6.75. The Balaban J connectivity index is 2.44. The molecule has 0 bridgehead atoms. The number of aromatic nitrogens is 1. The van der Waals surface area contributed by atoms with Gasteiger partial charge in [0.1, 0.15) is 10.7 Å². The average Bonchev–Trinajstić information content (AvgIpc) is 2.74. The molecule has 0 spiro atoms. The van der Waals surface area contributed by atoms with Crippen LogP contribution in [-0.4, -0.2) is 16.9 Å². The van der Waals surface area contributed by atoms with Crippen molar-refractivity contribution in [2.45, 2.75) is 53.1 Å². The highest BCUT2D eigenvalue weighted by Crippen LogP contribution is 2.21. The zero-order valence-electron chi connectivity index (χ0n) is 11.6. The molecule has 1 aromatic heterocycles. The Morgan fingerprint density at radius 2 is 2.22 bits per heavy atom. The third-order valence-electron chi connectivity index (χ3n) is 2.66. The summed E-state index contributed by atoms with van der Waals surface area (Å²) in [7, 11) is 0. The van der Waals surface area contributed by atoms with E-state index in [2.05, 4.69) is 31.1 Å². The fourth-order valence-electron chi connectivity index (χ4n) is 1.53. The molecule has 1 rings (SSSR count). The Morgan fingerprint density at radius 1 is 1.56 bits per heavy atom. The Morgan fingerprint density at radius 3 is 2.72 bits per heavy atom. The molecule has 18 heavy (non-hydrogen) atoms. The maximum Gasteiger partial charge on any atom is 0.270 e. The quantitative estimate of drug-likeness (QED) is 0.863. The predicted molar refractivity (Wildman–Crippen MR) is 75.6 cm³/mol. The van der Waals surface area contributed by atoms with Crippen molar-refractivity contribution in [2.24, 2.45) is 11.1 Å². The minimum Gasteiger partial charge on any atom is -0.348 e. The number of hydrogen-bond donors (Lipinski definition) is 2. The Labute approximate surface area is 113 Å². The average molecular weight is 269 g/mol. The molecule has 3 N–H and O–H groups in total. The number of amides is 1. The highest BCUT2D eigenvalue weighted by Gasteiger charge is 2.16. The minimum absolute atomic E-state index is 0.104. The predicted octanol–water partition coefficient (Wildman–Crippen LogP) is 2.55. The molecular formula is C13H23N3OS. The van der Waals surface area contributed by atoms with Gasteiger partial charge >= 0.3 is 0 Å². The van der Waals surface area contributed by atoms with Crippen molar-refractivity contribution in [1.82, 2.24) is 10.3 Å². The van der Waals surface area contributed by atoms with Crippen molar-refractivity contribution in [3.05, 3.63) is 16.1 Å². The van der Waals surface area contributed by atoms with Crippen molar-refractivity contribution in [3.8, 4) is 0 Å². The number of hydrogen-bond acceptors (Lipinski definition) is 4. The first-order valence-corrected chi connectivity index (χ1v) is 7.15. The molecule has 1 amide bonds. The van der Waals surface area contributed by atoms with E-state index >= 15 is 0 Å². The lowest BCUT2D eigenvalue weighted by Gasteiger charge is -2.21. The summed E-state index contributed by atoms with van der Waals surface area (Å²) in [6.07, 6.45) is 2.06. The highest BCUT2D eigenvalue weighted by molar-refractivity contribution is 7.09. The number of carbonyl (C=O) groups excluding carboxylic acids is 1. The molecule has 0 aromatic carbocycles. The molecule has 5 heteroatoms. The van der Waals surface area contributed by atoms with Gasteiger partial charge in [-0.1, -0.05) is 20.8 Å². The van der Waals surface area contributed by atoms with Crippen LogP contribution in [0.4, 0.5) is 0 Å². The molecule has 0 saturated heterocycles. The third-order valence-corrected chi connectivity index (χ3v) is 3.53. The number of thiazole rings is 1. The molecule has 0 saturated carbocycles. The fraction of sp³-hybridized carbons (Fsp3) is 0.692. The van der Waals surface area contributed by atoms with Gasteiger partial charge in [0.25, 0.3) is 5.91 Å². The van der Waals surface area contributed by atoms with Crippen molar-refractivity contribution >= 4 is 17.2 Å². The van der Waals surface area contributed by atoms with Crippen LogP contribution in [0.2, 0.25) is 0 Å². The van der Waals surface area contributed by atoms with Crippen LogP contribution in [0.15, 0.2) is 5.38 Å². The number of rotatable bonds is 5. The van der Waals surface area contributed by atoms with Gasteiger partial charge in [-0.2, -0.15) is 0 Å². The summed E-state index contributed by atoms with van der Waals surface area (Å²) in [5.41, 5.74) is 6.25. The standard InChI is InChI=1S/C13H23N3OS/c1-9(5-6-13(2,3)4)15-12(17)10-8-18-11(7-14)16-10/h8-9H,5-7,14H2,1-4H3,(H,15,17). The van der Waals surface area contributed by atoms with Crippen LogP contribution in [0.5, 0.6) is 0 Å². The molecule has 1 aromatic rings. The Bertz CT molecular complexity index is 395. The van der Waals surface area contributed by atoms with Crippen LogP contribution in [0.1, 0.15) is 56.0 Å². The summed E-state index contributed by atoms with van der Waals surface area (Å²) >= 11 is 1.43. The van der Waals surface area contributed by atoms with Gasteiger partial charge in [-0.3, -0.25) is 4.79 Å². The normalized spacial score (nSPS) is 13.4. The molecule has 4 nitrogen and oxygen atoms in total. The fourth-order valence-corrected chi connectivity index (χ4v) is 2.18. The van der Waals surface area contributed by atoms with E-state index in [1.807, 2.05) is 6.92 Å². The van der Waals surface area contributed by atoms with Crippen molar-refractivity contribution in [3.63, 3.8) is 0 Å². The van der Waals surface area contributed by atoms with Crippen LogP contribution in [-0.2, 0) is 6.54 Å². The van der Waals surface area contributed by atoms with Gasteiger partial charge in [0, 0.05) is 18.0 Å². The van der Waals surface area contributed by atoms with E-state index in [1.165, 1.54) is 11.3 Å². The molecule has 102 valence electrons. The summed E-state index contributed by atoms with van der Waals surface area (Å²) in [6, 6.07) is 0.166. The highest BCUT2D eigenvalue weighted by atomic mass is 32.1. The van der Waals surface area contributed by atoms with E-state index < -0.39 is 0 Å². The van der Waals surface area contributed by atoms with Gasteiger partial charge in [-0.05, 0) is 25.2 Å². The SMILES string of the molecule is CC(CCC(C)(C)C)NC(=O)c1csc(CN)n1. The Kier molecular flexibility index (Phi) is 5.28. The summed E-state index contributed by atoms with van der Waals surface area (Å²) in [5, 5.41) is 5.52. The lowest BCUT2D eigenvalue weighted by molar-refractivity contribution is 0.0931. The molecule has 0 radical (unpaired) electrons. The third kappa shape index (κ3) is 5.14. The van der Waals surface area contributed by atoms with E-state index in [0.717, 1.165) is 17.8 Å². The Hall–Kier alpha value is -0.940. The summed E-state index contributed by atoms with van der Waals surface area (Å²) in [5.74, 6) is -0.104. The number of carbonyl (C=O) groups is 1. The first-order valence-electron chi connectivity index (χ1n) is 6.27. The maximum atomic E-state index is 11.9. The molecule has 0 aliphatic heterocycles. The van der Waals surface area contributed by atoms with Crippen molar-refractivity contribution in [2.75, 3.05) is 0 Å². The van der Waals surface area contributed by atoms with E-state index in [1.54, 1.807) is 5.38 Å². The van der Waals surface area contributed by atoms with Crippen LogP contribution in [0, 0.1) is 5.41 Å². The van der Waals surface area contributed by atoms with E-state index in [9.17, 15) is 4.79 Å². The van der Waals surface area contributed by atoms with E-state index in [4.69, 9.17) is 5.73 Å². The van der Waals surface area contributed by atoms with Gasteiger partial charge in [-0.25, -0.2) is 4.98 Å². The van der Waals surface area contributed by atoms with E-state index in [-0.39, 0.29) is 11.9 Å². The monoisotopic (exact) mass is 269 g/mol. The van der Waals surface area contributed by atoms with Crippen LogP contribution in [0.3, 0.4) is 0 Å². The largest absolute Gasteiger partial charge is 0.348 e. The summed E-state index contributed by atoms with van der Waals surface area (Å²) < 4.78 is 0. The van der Waals surface area contributed by atoms with Gasteiger partial charge < -0.3 is 11.1 Å². The summed E-state index contributed by atoms with van der Waals surface area (Å²) in [6.45, 7) is 9.03. The molecule has 0 fully saturated rings. The lowest BCUT2D eigenvalue weighted by Crippen LogP contribution is -2.33. The number of nitrogens with two attached hydrogens (primary N) is 1. The minimum atomic E-state index is -0.104. The maximum absolute atomic E-state index is 11.9. The zero-order chi connectivity index (χ0) is 13.8. The first kappa shape index (κ1) is 15.1. The van der Waals surface area contributed by atoms with Gasteiger partial charge in [0.2, 0.25) is 0 Å². The lowest BCUT2D eigenvalue weighted by atomic mass is 9.89. The first-order chi connectivity index (χ1) is 8.31. The zero-order valence-corrected chi connectivity index (χ0v) is 12.4. The van der Waals surface area contributed by atoms with Crippen LogP contribution < -0.4 is 11.1 Å². The van der Waals surface area contributed by atoms with Crippen LogP contribution in [0.25, 0.3) is 0 Å². The smallest absolute Gasteiger partial charge is 0.270 e. The molecule has 0 aliphatic rings.